The van der Waals surface area contributed by atoms with Crippen LogP contribution in [0.3, 0.4) is 0 Å². The number of amides is 1. The largest absolute Gasteiger partial charge is 0.416 e. The normalized spacial score (nSPS) is 13.3. The molecule has 5 rings (SSSR count). The lowest BCUT2D eigenvalue weighted by Gasteiger charge is -2.37. The zero-order valence-electron chi connectivity index (χ0n) is 21.8. The topological polar surface area (TPSA) is 74.2 Å². The monoisotopic (exact) mass is 532 g/mol. The maximum absolute atomic E-state index is 13.1. The van der Waals surface area contributed by atoms with Gasteiger partial charge in [-0.15, -0.1) is 0 Å². The van der Waals surface area contributed by atoms with Gasteiger partial charge in [-0.2, -0.15) is 13.2 Å². The third-order valence-corrected chi connectivity index (χ3v) is 6.59. The van der Waals surface area contributed by atoms with Gasteiger partial charge in [0.05, 0.1) is 12.2 Å². The summed E-state index contributed by atoms with van der Waals surface area (Å²) in [5.74, 6) is 1.08. The number of alkyl halides is 3. The van der Waals surface area contributed by atoms with Gasteiger partial charge in [-0.3, -0.25) is 9.78 Å². The number of anilines is 3. The van der Waals surface area contributed by atoms with E-state index in [2.05, 4.69) is 20.2 Å². The molecule has 1 amide bonds. The van der Waals surface area contributed by atoms with Gasteiger partial charge >= 0.3 is 6.18 Å². The molecular formula is C29H27F3N6O. The minimum absolute atomic E-state index is 0.0814. The van der Waals surface area contributed by atoms with Gasteiger partial charge in [0.15, 0.2) is 0 Å². The van der Waals surface area contributed by atoms with E-state index in [1.807, 2.05) is 56.4 Å². The number of benzene rings is 2. The van der Waals surface area contributed by atoms with Crippen molar-refractivity contribution in [1.29, 1.82) is 0 Å². The molecule has 2 aromatic heterocycles. The first-order chi connectivity index (χ1) is 18.6. The highest BCUT2D eigenvalue weighted by molar-refractivity contribution is 6.05. The second-order valence-electron chi connectivity index (χ2n) is 9.69. The molecule has 2 aromatic carbocycles. The van der Waals surface area contributed by atoms with E-state index in [0.717, 1.165) is 46.0 Å². The molecule has 1 aliphatic rings. The van der Waals surface area contributed by atoms with Crippen molar-refractivity contribution in [3.05, 3.63) is 106 Å². The van der Waals surface area contributed by atoms with Crippen LogP contribution < -0.4 is 15.1 Å². The van der Waals surface area contributed by atoms with Crippen molar-refractivity contribution in [3.63, 3.8) is 0 Å². The molecule has 0 unspecified atom stereocenters. The van der Waals surface area contributed by atoms with Crippen molar-refractivity contribution in [2.24, 2.45) is 0 Å². The predicted molar refractivity (Wildman–Crippen MR) is 144 cm³/mol. The van der Waals surface area contributed by atoms with Gasteiger partial charge in [0.25, 0.3) is 5.91 Å². The van der Waals surface area contributed by atoms with Gasteiger partial charge < -0.3 is 15.1 Å². The zero-order chi connectivity index (χ0) is 27.7. The molecule has 0 bridgehead atoms. The highest BCUT2D eigenvalue weighted by atomic mass is 19.4. The number of aryl methyl sites for hydroxylation is 2. The summed E-state index contributed by atoms with van der Waals surface area (Å²) in [6.45, 7) is 4.98. The molecule has 0 aliphatic carbocycles. The highest BCUT2D eigenvalue weighted by Gasteiger charge is 2.30. The second kappa shape index (κ2) is 10.4. The number of fused-ring (bicyclic) bond motifs is 1. The fraction of sp³-hybridized carbons (Fsp3) is 0.241. The summed E-state index contributed by atoms with van der Waals surface area (Å²) in [6.07, 6.45) is -0.235. The van der Waals surface area contributed by atoms with Crippen molar-refractivity contribution in [2.75, 3.05) is 28.8 Å². The lowest BCUT2D eigenvalue weighted by Crippen LogP contribution is -2.41. The highest BCUT2D eigenvalue weighted by Crippen LogP contribution is 2.32. The van der Waals surface area contributed by atoms with Crippen molar-refractivity contribution in [1.82, 2.24) is 15.0 Å². The molecular weight excluding hydrogens is 505 g/mol. The second-order valence-corrected chi connectivity index (χ2v) is 9.69. The van der Waals surface area contributed by atoms with Crippen LogP contribution in [-0.4, -0.2) is 34.6 Å². The maximum atomic E-state index is 13.1. The standard InChI is InChI=1S/C29H27F3N6O/c1-18-7-10-21(28(39)35-24-6-4-5-23(13-24)29(30,31)32)12-25(18)38-16-22-15-34-26(36-27(22)37(3)17-38)11-20-9-8-19(2)33-14-20/h4-10,12-15H,11,16-17H2,1-3H3,(H,35,39). The molecule has 200 valence electrons. The molecule has 7 nitrogen and oxygen atoms in total. The number of halogens is 3. The Bertz CT molecular complexity index is 1520. The molecule has 0 saturated heterocycles. The fourth-order valence-corrected chi connectivity index (χ4v) is 4.55. The number of hydrogen-bond acceptors (Lipinski definition) is 6. The molecule has 0 fully saturated rings. The molecule has 1 aliphatic heterocycles. The first-order valence-electron chi connectivity index (χ1n) is 12.4. The number of carbonyl (C=O) groups excluding carboxylic acids is 1. The van der Waals surface area contributed by atoms with Gasteiger partial charge in [-0.1, -0.05) is 18.2 Å². The van der Waals surface area contributed by atoms with Crippen LogP contribution in [0.5, 0.6) is 0 Å². The zero-order valence-corrected chi connectivity index (χ0v) is 21.8. The average molecular weight is 533 g/mol. The molecule has 0 radical (unpaired) electrons. The Hall–Kier alpha value is -4.47. The van der Waals surface area contributed by atoms with Crippen molar-refractivity contribution >= 4 is 23.1 Å². The van der Waals surface area contributed by atoms with E-state index >= 15 is 0 Å². The van der Waals surface area contributed by atoms with Gasteiger partial charge in [-0.05, 0) is 61.4 Å². The smallest absolute Gasteiger partial charge is 0.349 e. The Kier molecular flexibility index (Phi) is 6.94. The third-order valence-electron chi connectivity index (χ3n) is 6.59. The van der Waals surface area contributed by atoms with Crippen LogP contribution in [0.4, 0.5) is 30.4 Å². The number of rotatable bonds is 5. The lowest BCUT2D eigenvalue weighted by molar-refractivity contribution is -0.137. The predicted octanol–water partition coefficient (Wildman–Crippen LogP) is 5.76. The minimum atomic E-state index is -4.49. The maximum Gasteiger partial charge on any atom is 0.416 e. The summed E-state index contributed by atoms with van der Waals surface area (Å²) in [5.41, 5.74) is 4.37. The Morgan fingerprint density at radius 3 is 2.59 bits per heavy atom. The average Bonchev–Trinajstić information content (AvgIpc) is 2.90. The van der Waals surface area contributed by atoms with Crippen LogP contribution in [0.25, 0.3) is 0 Å². The van der Waals surface area contributed by atoms with Crippen LogP contribution in [-0.2, 0) is 19.1 Å². The summed E-state index contributed by atoms with van der Waals surface area (Å²) in [7, 11) is 1.95. The van der Waals surface area contributed by atoms with Gasteiger partial charge in [0.1, 0.15) is 11.6 Å². The van der Waals surface area contributed by atoms with Crippen LogP contribution in [0.15, 0.2) is 67.0 Å². The fourth-order valence-electron chi connectivity index (χ4n) is 4.55. The summed E-state index contributed by atoms with van der Waals surface area (Å²) in [5, 5.41) is 2.58. The Morgan fingerprint density at radius 2 is 1.85 bits per heavy atom. The molecule has 10 heteroatoms. The number of nitrogens with one attached hydrogen (secondary N) is 1. The minimum Gasteiger partial charge on any atom is -0.349 e. The number of aromatic nitrogens is 3. The molecule has 0 spiro atoms. The molecule has 0 atom stereocenters. The van der Waals surface area contributed by atoms with Crippen molar-refractivity contribution in [3.8, 4) is 0 Å². The van der Waals surface area contributed by atoms with E-state index in [9.17, 15) is 18.0 Å². The van der Waals surface area contributed by atoms with Crippen LogP contribution in [0.2, 0.25) is 0 Å². The van der Waals surface area contributed by atoms with Crippen molar-refractivity contribution < 1.29 is 18.0 Å². The summed E-state index contributed by atoms with van der Waals surface area (Å²) in [6, 6.07) is 13.8. The van der Waals surface area contributed by atoms with Crippen LogP contribution in [0.1, 0.15) is 44.1 Å². The van der Waals surface area contributed by atoms with Gasteiger partial charge in [0.2, 0.25) is 0 Å². The van der Waals surface area contributed by atoms with Gasteiger partial charge in [0, 0.05) is 60.6 Å². The first-order valence-corrected chi connectivity index (χ1v) is 12.4. The Morgan fingerprint density at radius 1 is 1.03 bits per heavy atom. The summed E-state index contributed by atoms with van der Waals surface area (Å²) >= 11 is 0. The van der Waals surface area contributed by atoms with E-state index < -0.39 is 17.6 Å². The number of carbonyl (C=O) groups is 1. The summed E-state index contributed by atoms with van der Waals surface area (Å²) < 4.78 is 39.2. The molecule has 39 heavy (non-hydrogen) atoms. The number of hydrogen-bond donors (Lipinski definition) is 1. The molecule has 1 N–H and O–H groups in total. The summed E-state index contributed by atoms with van der Waals surface area (Å²) in [4.78, 5) is 30.8. The van der Waals surface area contributed by atoms with Crippen LogP contribution >= 0.6 is 0 Å². The SMILES string of the molecule is Cc1ccc(Cc2ncc3c(n2)N(C)CN(c2cc(C(=O)Nc4cccc(C(F)(F)F)c4)ccc2C)C3)cn1. The number of pyridine rings is 1. The van der Waals surface area contributed by atoms with E-state index in [-0.39, 0.29) is 5.69 Å². The van der Waals surface area contributed by atoms with E-state index in [0.29, 0.717) is 31.0 Å². The van der Waals surface area contributed by atoms with E-state index in [4.69, 9.17) is 4.98 Å². The Labute approximate surface area is 224 Å². The third kappa shape index (κ3) is 5.84. The Balaban J connectivity index is 1.34. The van der Waals surface area contributed by atoms with E-state index in [1.165, 1.54) is 12.1 Å². The van der Waals surface area contributed by atoms with Crippen LogP contribution in [0, 0.1) is 13.8 Å². The molecule has 4 aromatic rings. The molecule has 0 saturated carbocycles. The van der Waals surface area contributed by atoms with Crippen molar-refractivity contribution in [2.45, 2.75) is 33.0 Å². The van der Waals surface area contributed by atoms with Gasteiger partial charge in [-0.25, -0.2) is 9.97 Å². The number of nitrogens with zero attached hydrogens (tertiary/aromatic N) is 5. The first kappa shape index (κ1) is 26.1. The quantitative estimate of drug-likeness (QED) is 0.352. The van der Waals surface area contributed by atoms with E-state index in [1.54, 1.807) is 12.1 Å². The lowest BCUT2D eigenvalue weighted by atomic mass is 10.1. The molecule has 3 heterocycles.